The Bertz CT molecular complexity index is 852. The van der Waals surface area contributed by atoms with Gasteiger partial charge in [-0.2, -0.15) is 5.10 Å². The highest BCUT2D eigenvalue weighted by molar-refractivity contribution is 5.29. The Morgan fingerprint density at radius 3 is 2.93 bits per heavy atom. The van der Waals surface area contributed by atoms with Crippen LogP contribution in [0.5, 0.6) is 5.75 Å². The molecule has 3 aliphatic rings. The molecule has 4 atom stereocenters. The van der Waals surface area contributed by atoms with Crippen molar-refractivity contribution in [3.8, 4) is 5.75 Å². The summed E-state index contributed by atoms with van der Waals surface area (Å²) >= 11 is 0. The molecule has 1 N–H and O–H groups in total. The smallest absolute Gasteiger partial charge is 0.150 e. The molecular formula is C24H35N5O. The normalized spacial score (nSPS) is 29.5. The van der Waals surface area contributed by atoms with Gasteiger partial charge < -0.3 is 4.74 Å². The second-order valence-electron chi connectivity index (χ2n) is 9.43. The lowest BCUT2D eigenvalue weighted by molar-refractivity contribution is -0.0733. The molecule has 0 amide bonds. The standard InChI is InChI=1S/C24H35N5O/c1-3-23-25-24(27-26-23)16-28-14-18-13-19(15-28)22(29-10-5-4-9-21(18)29)12-17-7-6-8-20(11-17)30-2/h6-8,11,18-19,21-22H,3-5,9-10,12-16H2,1-2H3,(H,25,26,27)/t18-,19+,21+,22+/m1/s1. The summed E-state index contributed by atoms with van der Waals surface area (Å²) in [6, 6.07) is 10.1. The van der Waals surface area contributed by atoms with E-state index in [-0.39, 0.29) is 0 Å². The van der Waals surface area contributed by atoms with Gasteiger partial charge in [0.25, 0.3) is 0 Å². The molecule has 3 aliphatic heterocycles. The van der Waals surface area contributed by atoms with Crippen LogP contribution in [0, 0.1) is 11.8 Å². The van der Waals surface area contributed by atoms with Gasteiger partial charge in [0.1, 0.15) is 17.4 Å². The summed E-state index contributed by atoms with van der Waals surface area (Å²) in [6.07, 6.45) is 7.50. The van der Waals surface area contributed by atoms with E-state index in [2.05, 4.69) is 50.1 Å². The largest absolute Gasteiger partial charge is 0.497 e. The van der Waals surface area contributed by atoms with Crippen LogP contribution in [0.4, 0.5) is 0 Å². The zero-order chi connectivity index (χ0) is 20.5. The number of piperidine rings is 3. The van der Waals surface area contributed by atoms with Crippen LogP contribution in [-0.2, 0) is 19.4 Å². The van der Waals surface area contributed by atoms with Crippen molar-refractivity contribution in [3.63, 3.8) is 0 Å². The lowest BCUT2D eigenvalue weighted by Crippen LogP contribution is -2.63. The lowest BCUT2D eigenvalue weighted by Gasteiger charge is -2.57. The topological polar surface area (TPSA) is 57.3 Å². The van der Waals surface area contributed by atoms with Gasteiger partial charge >= 0.3 is 0 Å². The van der Waals surface area contributed by atoms with E-state index < -0.39 is 0 Å². The van der Waals surface area contributed by atoms with Crippen molar-refractivity contribution >= 4 is 0 Å². The van der Waals surface area contributed by atoms with Crippen molar-refractivity contribution < 1.29 is 4.74 Å². The Morgan fingerprint density at radius 1 is 1.20 bits per heavy atom. The predicted molar refractivity (Wildman–Crippen MR) is 117 cm³/mol. The van der Waals surface area contributed by atoms with Crippen molar-refractivity contribution in [3.05, 3.63) is 41.5 Å². The number of H-pyrrole nitrogens is 1. The maximum atomic E-state index is 5.49. The lowest BCUT2D eigenvalue weighted by atomic mass is 9.71. The average molecular weight is 410 g/mol. The Morgan fingerprint density at radius 2 is 2.10 bits per heavy atom. The fourth-order valence-electron chi connectivity index (χ4n) is 6.23. The van der Waals surface area contributed by atoms with Gasteiger partial charge in [-0.05, 0) is 61.8 Å². The molecule has 1 aromatic carbocycles. The fraction of sp³-hybridized carbons (Fsp3) is 0.667. The van der Waals surface area contributed by atoms with Crippen LogP contribution in [0.1, 0.15) is 49.8 Å². The first-order chi connectivity index (χ1) is 14.7. The van der Waals surface area contributed by atoms with Crippen LogP contribution in [0.15, 0.2) is 24.3 Å². The number of likely N-dealkylation sites (tertiary alicyclic amines) is 1. The van der Waals surface area contributed by atoms with E-state index in [0.717, 1.165) is 61.2 Å². The van der Waals surface area contributed by atoms with Crippen LogP contribution < -0.4 is 4.74 Å². The monoisotopic (exact) mass is 409 g/mol. The summed E-state index contributed by atoms with van der Waals surface area (Å²) in [4.78, 5) is 10.2. The minimum Gasteiger partial charge on any atom is -0.497 e. The van der Waals surface area contributed by atoms with E-state index in [0.29, 0.717) is 6.04 Å². The minimum absolute atomic E-state index is 0.627. The molecule has 6 heteroatoms. The molecule has 3 fully saturated rings. The third-order valence-electron chi connectivity index (χ3n) is 7.54. The summed E-state index contributed by atoms with van der Waals surface area (Å²) in [5.41, 5.74) is 1.40. The van der Waals surface area contributed by atoms with E-state index in [1.807, 2.05) is 6.07 Å². The molecule has 2 aromatic rings. The molecule has 30 heavy (non-hydrogen) atoms. The van der Waals surface area contributed by atoms with Gasteiger partial charge in [0.05, 0.1) is 13.7 Å². The Kier molecular flexibility index (Phi) is 5.79. The number of ether oxygens (including phenoxy) is 1. The Balaban J connectivity index is 1.36. The first-order valence-electron chi connectivity index (χ1n) is 11.7. The molecular weight excluding hydrogens is 374 g/mol. The number of hydrogen-bond donors (Lipinski definition) is 1. The van der Waals surface area contributed by atoms with Gasteiger partial charge in [-0.15, -0.1) is 0 Å². The minimum atomic E-state index is 0.627. The van der Waals surface area contributed by atoms with Gasteiger partial charge in [0.15, 0.2) is 0 Å². The van der Waals surface area contributed by atoms with E-state index in [4.69, 9.17) is 4.74 Å². The summed E-state index contributed by atoms with van der Waals surface area (Å²) in [6.45, 7) is 6.65. The van der Waals surface area contributed by atoms with Crippen LogP contribution in [-0.4, -0.2) is 63.8 Å². The average Bonchev–Trinajstić information content (AvgIpc) is 3.24. The van der Waals surface area contributed by atoms with Gasteiger partial charge in [0, 0.05) is 31.6 Å². The van der Waals surface area contributed by atoms with Gasteiger partial charge in [-0.1, -0.05) is 25.5 Å². The number of methoxy groups -OCH3 is 1. The molecule has 0 saturated carbocycles. The Labute approximate surface area is 180 Å². The maximum Gasteiger partial charge on any atom is 0.150 e. The SMILES string of the molecule is CCc1n[nH]c(CN2C[C@H]3C[C@@H](C2)[C@H](Cc2cccc(OC)c2)N2CCCC[C@@H]32)n1. The number of aryl methyl sites for hydroxylation is 1. The van der Waals surface area contributed by atoms with Crippen LogP contribution in [0.3, 0.4) is 0 Å². The third-order valence-corrected chi connectivity index (χ3v) is 7.54. The Hall–Kier alpha value is -1.92. The first kappa shape index (κ1) is 20.0. The van der Waals surface area contributed by atoms with Crippen LogP contribution in [0.2, 0.25) is 0 Å². The third kappa shape index (κ3) is 4.00. The number of benzene rings is 1. The summed E-state index contributed by atoms with van der Waals surface area (Å²) in [7, 11) is 1.76. The number of hydrogen-bond acceptors (Lipinski definition) is 5. The van der Waals surface area contributed by atoms with Crippen molar-refractivity contribution in [1.29, 1.82) is 0 Å². The van der Waals surface area contributed by atoms with Crippen molar-refractivity contribution in [2.45, 2.75) is 64.1 Å². The summed E-state index contributed by atoms with van der Waals surface area (Å²) in [5, 5.41) is 7.50. The van der Waals surface area contributed by atoms with E-state index >= 15 is 0 Å². The molecule has 0 unspecified atom stereocenters. The van der Waals surface area contributed by atoms with E-state index in [1.165, 1.54) is 44.3 Å². The number of nitrogens with one attached hydrogen (secondary N) is 1. The molecule has 2 bridgehead atoms. The molecule has 0 radical (unpaired) electrons. The molecule has 6 nitrogen and oxygen atoms in total. The second kappa shape index (κ2) is 8.67. The van der Waals surface area contributed by atoms with Gasteiger partial charge in [0.2, 0.25) is 0 Å². The summed E-state index contributed by atoms with van der Waals surface area (Å²) in [5.74, 6) is 4.43. The quantitative estimate of drug-likeness (QED) is 0.793. The molecule has 4 heterocycles. The number of nitrogens with zero attached hydrogens (tertiary/aromatic N) is 4. The van der Waals surface area contributed by atoms with E-state index in [9.17, 15) is 0 Å². The van der Waals surface area contributed by atoms with Crippen molar-refractivity contribution in [2.75, 3.05) is 26.7 Å². The zero-order valence-electron chi connectivity index (χ0n) is 18.4. The number of rotatable bonds is 6. The van der Waals surface area contributed by atoms with Gasteiger partial charge in [-0.25, -0.2) is 4.98 Å². The number of aromatic nitrogens is 3. The van der Waals surface area contributed by atoms with Crippen LogP contribution in [0.25, 0.3) is 0 Å². The summed E-state index contributed by atoms with van der Waals surface area (Å²) < 4.78 is 5.49. The maximum absolute atomic E-state index is 5.49. The molecule has 0 aliphatic carbocycles. The highest BCUT2D eigenvalue weighted by Gasteiger charge is 2.46. The molecule has 3 saturated heterocycles. The van der Waals surface area contributed by atoms with Crippen LogP contribution >= 0.6 is 0 Å². The zero-order valence-corrected chi connectivity index (χ0v) is 18.4. The number of aromatic amines is 1. The van der Waals surface area contributed by atoms with Crippen molar-refractivity contribution in [2.24, 2.45) is 11.8 Å². The first-order valence-corrected chi connectivity index (χ1v) is 11.7. The highest BCUT2D eigenvalue weighted by Crippen LogP contribution is 2.42. The highest BCUT2D eigenvalue weighted by atomic mass is 16.5. The van der Waals surface area contributed by atoms with Gasteiger partial charge in [-0.3, -0.25) is 14.9 Å². The molecule has 162 valence electrons. The van der Waals surface area contributed by atoms with Crippen molar-refractivity contribution in [1.82, 2.24) is 25.0 Å². The fourth-order valence-corrected chi connectivity index (χ4v) is 6.23. The molecule has 0 spiro atoms. The second-order valence-corrected chi connectivity index (χ2v) is 9.43. The number of fused-ring (bicyclic) bond motifs is 4. The molecule has 1 aromatic heterocycles. The predicted octanol–water partition coefficient (Wildman–Crippen LogP) is 3.29. The molecule has 5 rings (SSSR count). The van der Waals surface area contributed by atoms with E-state index in [1.54, 1.807) is 7.11 Å².